The summed E-state index contributed by atoms with van der Waals surface area (Å²) in [5.41, 5.74) is 0. The van der Waals surface area contributed by atoms with Gasteiger partial charge in [0.05, 0.1) is 0 Å². The van der Waals surface area contributed by atoms with Gasteiger partial charge in [0, 0.05) is 0 Å². The van der Waals surface area contributed by atoms with Crippen LogP contribution in [0.15, 0.2) is 61.3 Å². The molecule has 0 aromatic rings. The SMILES string of the molecule is C=CC=CC=CC=CCCCC=CC. The molecule has 76 valence electrons. The quantitative estimate of drug-likeness (QED) is 0.311. The van der Waals surface area contributed by atoms with Gasteiger partial charge >= 0.3 is 0 Å². The van der Waals surface area contributed by atoms with Gasteiger partial charge in [0.2, 0.25) is 0 Å². The molecule has 0 N–H and O–H groups in total. The van der Waals surface area contributed by atoms with Crippen molar-refractivity contribution in [2.45, 2.75) is 26.2 Å². The first-order valence-electron chi connectivity index (χ1n) is 5.14. The van der Waals surface area contributed by atoms with Crippen molar-refractivity contribution in [3.05, 3.63) is 61.3 Å². The Morgan fingerprint density at radius 1 is 0.857 bits per heavy atom. The van der Waals surface area contributed by atoms with E-state index >= 15 is 0 Å². The Bertz CT molecular complexity index is 226. The standard InChI is InChI=1S/C14H20/c1-3-5-7-9-11-13-14-12-10-8-6-4-2/h3-7,9,11,13-14H,1,8,10,12H2,2H3. The maximum atomic E-state index is 3.59. The smallest absolute Gasteiger partial charge is 0.0345 e. The predicted octanol–water partition coefficient (Wildman–Crippen LogP) is 4.59. The molecule has 0 heteroatoms. The third-order valence-electron chi connectivity index (χ3n) is 1.69. The van der Waals surface area contributed by atoms with Crippen molar-refractivity contribution in [2.24, 2.45) is 0 Å². The van der Waals surface area contributed by atoms with E-state index in [0.717, 1.165) is 6.42 Å². The van der Waals surface area contributed by atoms with Gasteiger partial charge in [0.15, 0.2) is 0 Å². The maximum Gasteiger partial charge on any atom is -0.0345 e. The Kier molecular flexibility index (Phi) is 10.6. The lowest BCUT2D eigenvalue weighted by atomic mass is 10.2. The van der Waals surface area contributed by atoms with Gasteiger partial charge in [-0.15, -0.1) is 0 Å². The fraction of sp³-hybridized carbons (Fsp3) is 0.286. The molecule has 0 fully saturated rings. The van der Waals surface area contributed by atoms with Crippen molar-refractivity contribution in [2.75, 3.05) is 0 Å². The summed E-state index contributed by atoms with van der Waals surface area (Å²) in [7, 11) is 0. The summed E-state index contributed by atoms with van der Waals surface area (Å²) in [6.07, 6.45) is 21.8. The van der Waals surface area contributed by atoms with Crippen LogP contribution in [-0.2, 0) is 0 Å². The molecule has 0 aromatic carbocycles. The molecule has 0 atom stereocenters. The second-order valence-electron chi connectivity index (χ2n) is 2.93. The molecule has 0 bridgehead atoms. The zero-order valence-corrected chi connectivity index (χ0v) is 9.02. The van der Waals surface area contributed by atoms with E-state index in [0.29, 0.717) is 0 Å². The minimum absolute atomic E-state index is 1.15. The second kappa shape index (κ2) is 11.7. The Labute approximate surface area is 88.0 Å². The molecule has 0 saturated heterocycles. The van der Waals surface area contributed by atoms with Gasteiger partial charge in [-0.25, -0.2) is 0 Å². The number of allylic oxidation sites excluding steroid dienone is 9. The average Bonchev–Trinajstić information content (AvgIpc) is 2.21. The van der Waals surface area contributed by atoms with Crippen LogP contribution in [0.2, 0.25) is 0 Å². The molecule has 0 radical (unpaired) electrons. The van der Waals surface area contributed by atoms with Crippen molar-refractivity contribution < 1.29 is 0 Å². The van der Waals surface area contributed by atoms with E-state index in [-0.39, 0.29) is 0 Å². The number of hydrogen-bond acceptors (Lipinski definition) is 0. The van der Waals surface area contributed by atoms with Crippen LogP contribution in [0, 0.1) is 0 Å². The van der Waals surface area contributed by atoms with Gasteiger partial charge < -0.3 is 0 Å². The monoisotopic (exact) mass is 188 g/mol. The van der Waals surface area contributed by atoms with E-state index in [2.05, 4.69) is 37.8 Å². The lowest BCUT2D eigenvalue weighted by Crippen LogP contribution is -1.67. The lowest BCUT2D eigenvalue weighted by Gasteiger charge is -1.87. The number of hydrogen-bond donors (Lipinski definition) is 0. The van der Waals surface area contributed by atoms with Gasteiger partial charge in [0.25, 0.3) is 0 Å². The van der Waals surface area contributed by atoms with Crippen LogP contribution < -0.4 is 0 Å². The topological polar surface area (TPSA) is 0 Å². The first-order valence-corrected chi connectivity index (χ1v) is 5.14. The van der Waals surface area contributed by atoms with Crippen molar-refractivity contribution in [1.82, 2.24) is 0 Å². The van der Waals surface area contributed by atoms with Crippen LogP contribution in [-0.4, -0.2) is 0 Å². The van der Waals surface area contributed by atoms with Gasteiger partial charge in [-0.3, -0.25) is 0 Å². The summed E-state index contributed by atoms with van der Waals surface area (Å²) in [5, 5.41) is 0. The summed E-state index contributed by atoms with van der Waals surface area (Å²) >= 11 is 0. The van der Waals surface area contributed by atoms with Crippen molar-refractivity contribution >= 4 is 0 Å². The molecule has 0 aliphatic rings. The molecule has 0 spiro atoms. The van der Waals surface area contributed by atoms with Crippen LogP contribution in [0.5, 0.6) is 0 Å². The highest BCUT2D eigenvalue weighted by Gasteiger charge is 1.77. The van der Waals surface area contributed by atoms with Crippen LogP contribution in [0.3, 0.4) is 0 Å². The van der Waals surface area contributed by atoms with Gasteiger partial charge in [-0.1, -0.05) is 61.3 Å². The Balaban J connectivity index is 3.39. The predicted molar refractivity (Wildman–Crippen MR) is 66.3 cm³/mol. The second-order valence-corrected chi connectivity index (χ2v) is 2.93. The summed E-state index contributed by atoms with van der Waals surface area (Å²) in [4.78, 5) is 0. The highest BCUT2D eigenvalue weighted by atomic mass is 13.8. The van der Waals surface area contributed by atoms with E-state index in [9.17, 15) is 0 Å². The van der Waals surface area contributed by atoms with Crippen LogP contribution in [0.4, 0.5) is 0 Å². The largest absolute Gasteiger partial charge is 0.0991 e. The van der Waals surface area contributed by atoms with Crippen molar-refractivity contribution in [3.63, 3.8) is 0 Å². The Morgan fingerprint density at radius 2 is 1.50 bits per heavy atom. The van der Waals surface area contributed by atoms with Crippen molar-refractivity contribution in [3.8, 4) is 0 Å². The van der Waals surface area contributed by atoms with Gasteiger partial charge in [-0.05, 0) is 26.2 Å². The summed E-state index contributed by atoms with van der Waals surface area (Å²) in [6, 6.07) is 0. The molecular weight excluding hydrogens is 168 g/mol. The number of rotatable bonds is 7. The molecule has 0 unspecified atom stereocenters. The summed E-state index contributed by atoms with van der Waals surface area (Å²) in [5.74, 6) is 0. The molecule has 0 aliphatic carbocycles. The third-order valence-corrected chi connectivity index (χ3v) is 1.69. The minimum Gasteiger partial charge on any atom is -0.0991 e. The molecule has 0 heterocycles. The van der Waals surface area contributed by atoms with Crippen LogP contribution in [0.25, 0.3) is 0 Å². The molecule has 0 aliphatic heterocycles. The molecule has 0 saturated carbocycles. The molecule has 14 heavy (non-hydrogen) atoms. The highest BCUT2D eigenvalue weighted by molar-refractivity contribution is 5.14. The van der Waals surface area contributed by atoms with E-state index in [1.807, 2.05) is 24.3 Å². The number of unbranched alkanes of at least 4 members (excludes halogenated alkanes) is 2. The molecule has 0 nitrogen and oxygen atoms in total. The summed E-state index contributed by atoms with van der Waals surface area (Å²) in [6.45, 7) is 5.65. The molecule has 0 rings (SSSR count). The van der Waals surface area contributed by atoms with Gasteiger partial charge in [0.1, 0.15) is 0 Å². The van der Waals surface area contributed by atoms with Crippen LogP contribution >= 0.6 is 0 Å². The summed E-state index contributed by atoms with van der Waals surface area (Å²) < 4.78 is 0. The zero-order valence-electron chi connectivity index (χ0n) is 9.02. The first kappa shape index (κ1) is 12.7. The van der Waals surface area contributed by atoms with E-state index in [4.69, 9.17) is 0 Å². The maximum absolute atomic E-state index is 3.59. The van der Waals surface area contributed by atoms with E-state index < -0.39 is 0 Å². The highest BCUT2D eigenvalue weighted by Crippen LogP contribution is 1.97. The Morgan fingerprint density at radius 3 is 2.21 bits per heavy atom. The fourth-order valence-corrected chi connectivity index (χ4v) is 0.966. The van der Waals surface area contributed by atoms with Crippen molar-refractivity contribution in [1.29, 1.82) is 0 Å². The van der Waals surface area contributed by atoms with Crippen LogP contribution in [0.1, 0.15) is 26.2 Å². The molecule has 0 aromatic heterocycles. The first-order chi connectivity index (χ1) is 6.91. The minimum atomic E-state index is 1.15. The lowest BCUT2D eigenvalue weighted by molar-refractivity contribution is 0.867. The average molecular weight is 188 g/mol. The molecular formula is C14H20. The molecule has 0 amide bonds. The third kappa shape index (κ3) is 10.7. The van der Waals surface area contributed by atoms with Gasteiger partial charge in [-0.2, -0.15) is 0 Å². The normalized spacial score (nSPS) is 12.6. The zero-order chi connectivity index (χ0) is 10.5. The van der Waals surface area contributed by atoms with E-state index in [1.54, 1.807) is 6.08 Å². The Hall–Kier alpha value is -1.30. The fourth-order valence-electron chi connectivity index (χ4n) is 0.966. The van der Waals surface area contributed by atoms with E-state index in [1.165, 1.54) is 12.8 Å².